The van der Waals surface area contributed by atoms with Crippen LogP contribution in [0.3, 0.4) is 0 Å². The fourth-order valence-electron chi connectivity index (χ4n) is 2.16. The fraction of sp³-hybridized carbons (Fsp3) is 0.500. The number of nitrogens with two attached hydrogens (primary N) is 2. The van der Waals surface area contributed by atoms with Crippen LogP contribution in [-0.4, -0.2) is 39.6 Å². The van der Waals surface area contributed by atoms with Crippen molar-refractivity contribution in [3.8, 4) is 5.75 Å². The predicted molar refractivity (Wildman–Crippen MR) is 73.4 cm³/mol. The molecule has 4 N–H and O–H groups in total. The van der Waals surface area contributed by atoms with Crippen molar-refractivity contribution in [1.29, 1.82) is 0 Å². The molecule has 0 aliphatic carbocycles. The zero-order chi connectivity index (χ0) is 13.9. The van der Waals surface area contributed by atoms with E-state index in [0.717, 1.165) is 19.6 Å². The first-order valence-corrected chi connectivity index (χ1v) is 7.79. The number of hydrogen-bond acceptors (Lipinski definition) is 5. The maximum Gasteiger partial charge on any atom is 0.241 e. The number of likely N-dealkylation sites (tertiary alicyclic amines) is 1. The van der Waals surface area contributed by atoms with Gasteiger partial charge in [-0.1, -0.05) is 0 Å². The van der Waals surface area contributed by atoms with Gasteiger partial charge in [0.15, 0.2) is 0 Å². The Hall–Kier alpha value is -1.31. The van der Waals surface area contributed by atoms with E-state index in [1.807, 2.05) is 0 Å². The van der Waals surface area contributed by atoms with E-state index >= 15 is 0 Å². The van der Waals surface area contributed by atoms with Gasteiger partial charge in [0.1, 0.15) is 17.3 Å². The van der Waals surface area contributed by atoms with Crippen LogP contribution in [0.15, 0.2) is 23.1 Å². The van der Waals surface area contributed by atoms with Gasteiger partial charge in [0.05, 0.1) is 0 Å². The van der Waals surface area contributed by atoms with E-state index in [4.69, 9.17) is 15.6 Å². The molecule has 19 heavy (non-hydrogen) atoms. The Morgan fingerprint density at radius 2 is 1.95 bits per heavy atom. The molecule has 1 aliphatic heterocycles. The minimum atomic E-state index is -3.82. The average Bonchev–Trinajstić information content (AvgIpc) is 2.83. The summed E-state index contributed by atoms with van der Waals surface area (Å²) in [5.41, 5.74) is 5.91. The Morgan fingerprint density at radius 1 is 1.26 bits per heavy atom. The van der Waals surface area contributed by atoms with Gasteiger partial charge in [0.2, 0.25) is 10.0 Å². The zero-order valence-corrected chi connectivity index (χ0v) is 11.5. The van der Waals surface area contributed by atoms with E-state index in [1.54, 1.807) is 12.1 Å². The number of ether oxygens (including phenoxy) is 1. The summed E-state index contributed by atoms with van der Waals surface area (Å²) < 4.78 is 28.4. The molecular weight excluding hydrogens is 266 g/mol. The summed E-state index contributed by atoms with van der Waals surface area (Å²) in [5, 5.41) is 5.15. The first-order chi connectivity index (χ1) is 8.97. The molecule has 0 aromatic heterocycles. The Morgan fingerprint density at radius 3 is 2.58 bits per heavy atom. The molecule has 1 saturated heterocycles. The molecule has 1 aromatic rings. The van der Waals surface area contributed by atoms with Gasteiger partial charge in [-0.25, -0.2) is 13.6 Å². The van der Waals surface area contributed by atoms with Gasteiger partial charge in [-0.2, -0.15) is 0 Å². The van der Waals surface area contributed by atoms with Gasteiger partial charge in [0.25, 0.3) is 0 Å². The molecule has 1 fully saturated rings. The molecule has 0 atom stereocenters. The molecule has 1 aliphatic rings. The summed E-state index contributed by atoms with van der Waals surface area (Å²) in [4.78, 5) is 2.22. The Labute approximate surface area is 113 Å². The highest BCUT2D eigenvalue weighted by Crippen LogP contribution is 2.25. The third-order valence-corrected chi connectivity index (χ3v) is 4.07. The Balaban J connectivity index is 2.03. The van der Waals surface area contributed by atoms with Crippen LogP contribution in [0.25, 0.3) is 0 Å². The molecule has 0 amide bonds. The number of benzene rings is 1. The van der Waals surface area contributed by atoms with Crippen molar-refractivity contribution in [3.05, 3.63) is 18.2 Å². The van der Waals surface area contributed by atoms with Crippen molar-refractivity contribution in [2.75, 3.05) is 32.0 Å². The maximum absolute atomic E-state index is 11.5. The molecule has 0 unspecified atom stereocenters. The van der Waals surface area contributed by atoms with Gasteiger partial charge in [-0.15, -0.1) is 0 Å². The average molecular weight is 285 g/mol. The molecule has 106 valence electrons. The van der Waals surface area contributed by atoms with Gasteiger partial charge < -0.3 is 10.5 Å². The third-order valence-electron chi connectivity index (χ3n) is 3.14. The van der Waals surface area contributed by atoms with Crippen molar-refractivity contribution in [3.63, 3.8) is 0 Å². The van der Waals surface area contributed by atoms with Crippen molar-refractivity contribution in [2.45, 2.75) is 17.7 Å². The lowest BCUT2D eigenvalue weighted by molar-refractivity contribution is 0.234. The third kappa shape index (κ3) is 3.82. The van der Waals surface area contributed by atoms with Crippen LogP contribution < -0.4 is 15.6 Å². The fourth-order valence-corrected chi connectivity index (χ4v) is 2.86. The molecule has 0 saturated carbocycles. The van der Waals surface area contributed by atoms with Gasteiger partial charge in [0, 0.05) is 12.2 Å². The monoisotopic (exact) mass is 285 g/mol. The summed E-state index contributed by atoms with van der Waals surface area (Å²) in [6.45, 7) is 3.38. The lowest BCUT2D eigenvalue weighted by atomic mass is 10.3. The highest BCUT2D eigenvalue weighted by molar-refractivity contribution is 7.89. The van der Waals surface area contributed by atoms with Gasteiger partial charge in [-0.05, 0) is 44.1 Å². The standard InChI is InChI=1S/C12H19N3O3S/c13-10-3-4-11(12(9-10)19(14,16)17)18-8-7-15-5-1-2-6-15/h3-4,9H,1-2,5-8,13H2,(H2,14,16,17). The topological polar surface area (TPSA) is 98.7 Å². The van der Waals surface area contributed by atoms with Crippen molar-refractivity contribution >= 4 is 15.7 Å². The number of nitrogens with zero attached hydrogens (tertiary/aromatic N) is 1. The summed E-state index contributed by atoms with van der Waals surface area (Å²) in [6, 6.07) is 4.46. The van der Waals surface area contributed by atoms with Crippen LogP contribution >= 0.6 is 0 Å². The number of rotatable bonds is 5. The van der Waals surface area contributed by atoms with Crippen LogP contribution in [-0.2, 0) is 10.0 Å². The normalized spacial score (nSPS) is 16.7. The molecular formula is C12H19N3O3S. The molecule has 1 aromatic carbocycles. The molecule has 0 radical (unpaired) electrons. The highest BCUT2D eigenvalue weighted by Gasteiger charge is 2.16. The molecule has 0 bridgehead atoms. The molecule has 7 heteroatoms. The second-order valence-corrected chi connectivity index (χ2v) is 6.18. The van der Waals surface area contributed by atoms with Gasteiger partial charge in [-0.3, -0.25) is 4.90 Å². The summed E-state index contributed by atoms with van der Waals surface area (Å²) in [7, 11) is -3.82. The van der Waals surface area contributed by atoms with Crippen molar-refractivity contribution in [1.82, 2.24) is 4.90 Å². The Kier molecular flexibility index (Phi) is 4.28. The van der Waals surface area contributed by atoms with Crippen LogP contribution in [0.4, 0.5) is 5.69 Å². The molecule has 2 rings (SSSR count). The largest absolute Gasteiger partial charge is 0.491 e. The highest BCUT2D eigenvalue weighted by atomic mass is 32.2. The number of sulfonamides is 1. The number of nitrogen functional groups attached to an aromatic ring is 1. The second kappa shape index (κ2) is 5.77. The minimum absolute atomic E-state index is 0.0612. The predicted octanol–water partition coefficient (Wildman–Crippen LogP) is 0.391. The summed E-state index contributed by atoms with van der Waals surface area (Å²) in [6.07, 6.45) is 2.43. The van der Waals surface area contributed by atoms with Crippen molar-refractivity contribution < 1.29 is 13.2 Å². The van der Waals surface area contributed by atoms with Crippen LogP contribution in [0.1, 0.15) is 12.8 Å². The molecule has 1 heterocycles. The first-order valence-electron chi connectivity index (χ1n) is 6.24. The number of primary sulfonamides is 1. The number of hydrogen-bond donors (Lipinski definition) is 2. The first kappa shape index (κ1) is 14.1. The quantitative estimate of drug-likeness (QED) is 0.763. The minimum Gasteiger partial charge on any atom is -0.491 e. The summed E-state index contributed by atoms with van der Waals surface area (Å²) >= 11 is 0. The lowest BCUT2D eigenvalue weighted by Crippen LogP contribution is -2.25. The SMILES string of the molecule is Nc1ccc(OCCN2CCCC2)c(S(N)(=O)=O)c1. The van der Waals surface area contributed by atoms with Crippen LogP contribution in [0.5, 0.6) is 5.75 Å². The van der Waals surface area contributed by atoms with Crippen LogP contribution in [0.2, 0.25) is 0 Å². The summed E-state index contributed by atoms with van der Waals surface area (Å²) in [5.74, 6) is 0.260. The van der Waals surface area contributed by atoms with Crippen molar-refractivity contribution in [2.24, 2.45) is 5.14 Å². The smallest absolute Gasteiger partial charge is 0.241 e. The molecule has 6 nitrogen and oxygen atoms in total. The van der Waals surface area contributed by atoms with Crippen LogP contribution in [0, 0.1) is 0 Å². The van der Waals surface area contributed by atoms with E-state index < -0.39 is 10.0 Å². The van der Waals surface area contributed by atoms with E-state index in [2.05, 4.69) is 4.90 Å². The van der Waals surface area contributed by atoms with E-state index in [0.29, 0.717) is 12.3 Å². The molecule has 0 spiro atoms. The lowest BCUT2D eigenvalue weighted by Gasteiger charge is -2.16. The number of anilines is 1. The second-order valence-electron chi connectivity index (χ2n) is 4.65. The van der Waals surface area contributed by atoms with E-state index in [-0.39, 0.29) is 10.6 Å². The maximum atomic E-state index is 11.5. The van der Waals surface area contributed by atoms with E-state index in [9.17, 15) is 8.42 Å². The van der Waals surface area contributed by atoms with E-state index in [1.165, 1.54) is 18.9 Å². The zero-order valence-electron chi connectivity index (χ0n) is 10.7. The Bertz CT molecular complexity index is 539. The van der Waals surface area contributed by atoms with Gasteiger partial charge >= 0.3 is 0 Å².